The van der Waals surface area contributed by atoms with E-state index in [1.54, 1.807) is 12.1 Å². The molecule has 1 atom stereocenters. The molecule has 118 valence electrons. The van der Waals surface area contributed by atoms with Crippen LogP contribution in [0.5, 0.6) is 5.75 Å². The molecule has 0 amide bonds. The van der Waals surface area contributed by atoms with Crippen LogP contribution in [0.3, 0.4) is 0 Å². The Balaban J connectivity index is 1.85. The number of hydrogen-bond donors (Lipinski definition) is 3. The van der Waals surface area contributed by atoms with Crippen molar-refractivity contribution in [2.24, 2.45) is 0 Å². The van der Waals surface area contributed by atoms with E-state index in [4.69, 9.17) is 5.73 Å². The molecule has 1 aliphatic rings. The first kappa shape index (κ1) is 14.0. The molecule has 1 unspecified atom stereocenters. The van der Waals surface area contributed by atoms with E-state index in [0.29, 0.717) is 22.6 Å². The molecule has 0 aliphatic carbocycles. The van der Waals surface area contributed by atoms with Gasteiger partial charge in [0.1, 0.15) is 5.75 Å². The highest BCUT2D eigenvalue weighted by molar-refractivity contribution is 5.87. The SMILES string of the molecule is Nc1nn(C2CCCNC2)c2cc(-c3ccccc3O)nnc12. The highest BCUT2D eigenvalue weighted by Gasteiger charge is 2.21. The molecule has 1 saturated heterocycles. The van der Waals surface area contributed by atoms with Crippen molar-refractivity contribution >= 4 is 16.9 Å². The van der Waals surface area contributed by atoms with E-state index >= 15 is 0 Å². The quantitative estimate of drug-likeness (QED) is 0.666. The van der Waals surface area contributed by atoms with Gasteiger partial charge in [-0.2, -0.15) is 5.10 Å². The number of aromatic hydroxyl groups is 1. The lowest BCUT2D eigenvalue weighted by molar-refractivity contribution is 0.355. The summed E-state index contributed by atoms with van der Waals surface area (Å²) in [5.41, 5.74) is 8.72. The van der Waals surface area contributed by atoms with Crippen molar-refractivity contribution in [2.75, 3.05) is 18.8 Å². The molecular formula is C16H18N6O. The smallest absolute Gasteiger partial charge is 0.174 e. The van der Waals surface area contributed by atoms with Gasteiger partial charge < -0.3 is 16.2 Å². The van der Waals surface area contributed by atoms with Crippen LogP contribution in [0.1, 0.15) is 18.9 Å². The molecule has 2 aromatic heterocycles. The number of nitrogens with two attached hydrogens (primary N) is 1. The van der Waals surface area contributed by atoms with Gasteiger partial charge in [-0.15, -0.1) is 10.2 Å². The van der Waals surface area contributed by atoms with Gasteiger partial charge in [-0.3, -0.25) is 4.68 Å². The zero-order chi connectivity index (χ0) is 15.8. The zero-order valence-electron chi connectivity index (χ0n) is 12.6. The van der Waals surface area contributed by atoms with Crippen molar-refractivity contribution in [3.63, 3.8) is 0 Å². The maximum absolute atomic E-state index is 10.0. The number of fused-ring (bicyclic) bond motifs is 1. The van der Waals surface area contributed by atoms with Gasteiger partial charge in [0, 0.05) is 12.1 Å². The maximum Gasteiger partial charge on any atom is 0.174 e. The molecule has 0 bridgehead atoms. The average molecular weight is 310 g/mol. The van der Waals surface area contributed by atoms with Crippen LogP contribution in [0.4, 0.5) is 5.82 Å². The fraction of sp³-hybridized carbons (Fsp3) is 0.312. The first-order chi connectivity index (χ1) is 11.2. The topological polar surface area (TPSA) is 102 Å². The van der Waals surface area contributed by atoms with Crippen molar-refractivity contribution < 1.29 is 5.11 Å². The fourth-order valence-electron chi connectivity index (χ4n) is 3.10. The predicted molar refractivity (Wildman–Crippen MR) is 88.0 cm³/mol. The Kier molecular flexibility index (Phi) is 3.34. The van der Waals surface area contributed by atoms with Crippen molar-refractivity contribution in [3.8, 4) is 17.0 Å². The van der Waals surface area contributed by atoms with Crippen LogP contribution in [0, 0.1) is 0 Å². The number of nitrogen functional groups attached to an aromatic ring is 1. The summed E-state index contributed by atoms with van der Waals surface area (Å²) < 4.78 is 1.94. The summed E-state index contributed by atoms with van der Waals surface area (Å²) in [5.74, 6) is 0.571. The van der Waals surface area contributed by atoms with Crippen LogP contribution in [0.25, 0.3) is 22.3 Å². The zero-order valence-corrected chi connectivity index (χ0v) is 12.6. The third-order valence-electron chi connectivity index (χ3n) is 4.28. The number of hydrogen-bond acceptors (Lipinski definition) is 6. The van der Waals surface area contributed by atoms with Crippen LogP contribution in [-0.2, 0) is 0 Å². The summed E-state index contributed by atoms with van der Waals surface area (Å²) in [6.07, 6.45) is 2.16. The van der Waals surface area contributed by atoms with Crippen molar-refractivity contribution in [1.29, 1.82) is 0 Å². The van der Waals surface area contributed by atoms with E-state index in [2.05, 4.69) is 20.6 Å². The Hall–Kier alpha value is -2.67. The van der Waals surface area contributed by atoms with Crippen LogP contribution < -0.4 is 11.1 Å². The summed E-state index contributed by atoms with van der Waals surface area (Å²) >= 11 is 0. The molecule has 23 heavy (non-hydrogen) atoms. The van der Waals surface area contributed by atoms with Gasteiger partial charge in [-0.25, -0.2) is 0 Å². The number of benzene rings is 1. The minimum atomic E-state index is 0.180. The minimum absolute atomic E-state index is 0.180. The first-order valence-corrected chi connectivity index (χ1v) is 7.74. The normalized spacial score (nSPS) is 18.3. The summed E-state index contributed by atoms with van der Waals surface area (Å²) in [4.78, 5) is 0. The Morgan fingerprint density at radius 3 is 2.91 bits per heavy atom. The van der Waals surface area contributed by atoms with Gasteiger partial charge in [0.25, 0.3) is 0 Å². The highest BCUT2D eigenvalue weighted by Crippen LogP contribution is 2.31. The number of piperidine rings is 1. The van der Waals surface area contributed by atoms with E-state index in [9.17, 15) is 5.11 Å². The summed E-state index contributed by atoms with van der Waals surface area (Å²) in [6, 6.07) is 9.24. The van der Waals surface area contributed by atoms with Gasteiger partial charge >= 0.3 is 0 Å². The van der Waals surface area contributed by atoms with E-state index in [1.807, 2.05) is 22.9 Å². The average Bonchev–Trinajstić information content (AvgIpc) is 2.92. The molecule has 1 fully saturated rings. The lowest BCUT2D eigenvalue weighted by Gasteiger charge is -2.23. The molecule has 3 heterocycles. The Morgan fingerprint density at radius 1 is 1.26 bits per heavy atom. The van der Waals surface area contributed by atoms with Gasteiger partial charge in [-0.1, -0.05) is 12.1 Å². The van der Waals surface area contributed by atoms with E-state index in [1.165, 1.54) is 0 Å². The molecular weight excluding hydrogens is 292 g/mol. The molecule has 0 radical (unpaired) electrons. The second-order valence-corrected chi connectivity index (χ2v) is 5.81. The van der Waals surface area contributed by atoms with Crippen molar-refractivity contribution in [3.05, 3.63) is 30.3 Å². The third-order valence-corrected chi connectivity index (χ3v) is 4.28. The lowest BCUT2D eigenvalue weighted by Crippen LogP contribution is -2.32. The van der Waals surface area contributed by atoms with E-state index in [-0.39, 0.29) is 11.8 Å². The molecule has 1 aromatic carbocycles. The van der Waals surface area contributed by atoms with Crippen LogP contribution >= 0.6 is 0 Å². The lowest BCUT2D eigenvalue weighted by atomic mass is 10.1. The molecule has 4 N–H and O–H groups in total. The molecule has 0 spiro atoms. The second-order valence-electron chi connectivity index (χ2n) is 5.81. The Labute approximate surface area is 133 Å². The van der Waals surface area contributed by atoms with E-state index in [0.717, 1.165) is 31.4 Å². The van der Waals surface area contributed by atoms with Crippen LogP contribution in [-0.4, -0.2) is 38.2 Å². The number of phenols is 1. The fourth-order valence-corrected chi connectivity index (χ4v) is 3.10. The Morgan fingerprint density at radius 2 is 2.13 bits per heavy atom. The largest absolute Gasteiger partial charge is 0.507 e. The number of nitrogens with zero attached hydrogens (tertiary/aromatic N) is 4. The number of aromatic nitrogens is 4. The van der Waals surface area contributed by atoms with Crippen LogP contribution in [0.15, 0.2) is 30.3 Å². The molecule has 0 saturated carbocycles. The number of rotatable bonds is 2. The van der Waals surface area contributed by atoms with Crippen molar-refractivity contribution in [1.82, 2.24) is 25.3 Å². The monoisotopic (exact) mass is 310 g/mol. The summed E-state index contributed by atoms with van der Waals surface area (Å²) in [7, 11) is 0. The van der Waals surface area contributed by atoms with Crippen LogP contribution in [0.2, 0.25) is 0 Å². The van der Waals surface area contributed by atoms with Crippen molar-refractivity contribution in [2.45, 2.75) is 18.9 Å². The Bertz CT molecular complexity index is 853. The second kappa shape index (κ2) is 5.51. The van der Waals surface area contributed by atoms with Gasteiger partial charge in [0.2, 0.25) is 0 Å². The predicted octanol–water partition coefficient (Wildman–Crippen LogP) is 1.71. The van der Waals surface area contributed by atoms with Gasteiger partial charge in [0.05, 0.1) is 17.3 Å². The standard InChI is InChI=1S/C16H18N6O/c17-16-15-13(22(21-16)10-4-3-7-18-9-10)8-12(19-20-15)11-5-1-2-6-14(11)23/h1-2,5-6,8,10,18,23H,3-4,7,9H2,(H2,17,21). The molecule has 3 aromatic rings. The summed E-state index contributed by atoms with van der Waals surface area (Å²) in [5, 5.41) is 26.3. The molecule has 7 nitrogen and oxygen atoms in total. The molecule has 1 aliphatic heterocycles. The molecule has 7 heteroatoms. The highest BCUT2D eigenvalue weighted by atomic mass is 16.3. The van der Waals surface area contributed by atoms with E-state index < -0.39 is 0 Å². The summed E-state index contributed by atoms with van der Waals surface area (Å²) in [6.45, 7) is 1.90. The van der Waals surface area contributed by atoms with Gasteiger partial charge in [0.15, 0.2) is 11.3 Å². The minimum Gasteiger partial charge on any atom is -0.507 e. The number of anilines is 1. The van der Waals surface area contributed by atoms with Gasteiger partial charge in [-0.05, 0) is 37.6 Å². The number of phenolic OH excluding ortho intramolecular Hbond substituents is 1. The first-order valence-electron chi connectivity index (χ1n) is 7.74. The number of para-hydroxylation sites is 1. The third kappa shape index (κ3) is 2.39. The number of nitrogens with one attached hydrogen (secondary N) is 1. The maximum atomic E-state index is 10.0. The molecule has 4 rings (SSSR count).